The minimum absolute atomic E-state index is 0.223. The van der Waals surface area contributed by atoms with Crippen LogP contribution in [0.3, 0.4) is 0 Å². The second kappa shape index (κ2) is 8.48. The van der Waals surface area contributed by atoms with Gasteiger partial charge in [0.05, 0.1) is 10.5 Å². The Bertz CT molecular complexity index is 1390. The Hall–Kier alpha value is -1.03. The van der Waals surface area contributed by atoms with E-state index in [2.05, 4.69) is 67.8 Å². The summed E-state index contributed by atoms with van der Waals surface area (Å²) >= 11 is 6.40. The first-order valence-electron chi connectivity index (χ1n) is 8.44. The van der Waals surface area contributed by atoms with Crippen LogP contribution in [0.1, 0.15) is 10.4 Å². The quantitative estimate of drug-likeness (QED) is 0.0648. The zero-order chi connectivity index (χ0) is 21.6. The van der Waals surface area contributed by atoms with E-state index in [-0.39, 0.29) is 21.4 Å². The lowest BCUT2D eigenvalue weighted by Gasteiger charge is -2.18. The van der Waals surface area contributed by atoms with Crippen molar-refractivity contribution >= 4 is 105 Å². The topological polar surface area (TPSA) is 83.5 Å². The normalized spacial score (nSPS) is 11.7. The Labute approximate surface area is 213 Å². The van der Waals surface area contributed by atoms with Crippen molar-refractivity contribution in [2.24, 2.45) is 0 Å². The molecular formula is C21H10I3O5S-. The number of ether oxygens (including phenoxy) is 1. The summed E-state index contributed by atoms with van der Waals surface area (Å²) < 4.78 is 44.6. The Morgan fingerprint density at radius 3 is 1.83 bits per heavy atom. The van der Waals surface area contributed by atoms with Crippen molar-refractivity contribution in [2.45, 2.75) is 4.90 Å². The third kappa shape index (κ3) is 4.06. The molecule has 30 heavy (non-hydrogen) atoms. The molecular weight excluding hydrogens is 745 g/mol. The number of hydrogen-bond donors (Lipinski definition) is 0. The predicted octanol–water partition coefficient (Wildman–Crippen LogP) is 5.93. The number of carbonyl (C=O) groups is 1. The summed E-state index contributed by atoms with van der Waals surface area (Å²) in [5.74, 6) is -0.327. The number of hydrogen-bond acceptors (Lipinski definition) is 5. The van der Waals surface area contributed by atoms with Crippen molar-refractivity contribution in [2.75, 3.05) is 0 Å². The van der Waals surface area contributed by atoms with Crippen molar-refractivity contribution in [3.63, 3.8) is 0 Å². The average Bonchev–Trinajstić information content (AvgIpc) is 2.69. The largest absolute Gasteiger partial charge is 0.744 e. The van der Waals surface area contributed by atoms with Crippen LogP contribution in [0.15, 0.2) is 65.6 Å². The van der Waals surface area contributed by atoms with E-state index < -0.39 is 16.1 Å². The smallest absolute Gasteiger partial charge is 0.344 e. The van der Waals surface area contributed by atoms with E-state index in [1.165, 1.54) is 0 Å². The van der Waals surface area contributed by atoms with Crippen molar-refractivity contribution in [3.8, 4) is 5.75 Å². The van der Waals surface area contributed by atoms with E-state index in [4.69, 9.17) is 4.74 Å². The molecule has 0 radical (unpaired) electrons. The molecule has 4 rings (SSSR count). The Kier molecular flexibility index (Phi) is 6.27. The molecule has 0 heterocycles. The Balaban J connectivity index is 2.02. The molecule has 0 amide bonds. The summed E-state index contributed by atoms with van der Waals surface area (Å²) in [7, 11) is -4.77. The molecule has 0 aliphatic rings. The van der Waals surface area contributed by atoms with Crippen molar-refractivity contribution in [3.05, 3.63) is 76.9 Å². The molecule has 0 bridgehead atoms. The van der Waals surface area contributed by atoms with Gasteiger partial charge in [-0.2, -0.15) is 0 Å². The number of fused-ring (bicyclic) bond motifs is 2. The van der Waals surface area contributed by atoms with Gasteiger partial charge in [-0.3, -0.25) is 0 Å². The molecule has 4 aromatic rings. The zero-order valence-corrected chi connectivity index (χ0v) is 22.1. The first-order valence-corrected chi connectivity index (χ1v) is 13.1. The molecule has 0 aromatic heterocycles. The fourth-order valence-corrected chi connectivity index (χ4v) is 6.55. The van der Waals surface area contributed by atoms with Crippen LogP contribution in [0.25, 0.3) is 21.5 Å². The van der Waals surface area contributed by atoms with Crippen molar-refractivity contribution in [1.29, 1.82) is 0 Å². The highest BCUT2D eigenvalue weighted by atomic mass is 127. The van der Waals surface area contributed by atoms with E-state index in [9.17, 15) is 17.8 Å². The maximum atomic E-state index is 13.1. The van der Waals surface area contributed by atoms with Gasteiger partial charge in [-0.05, 0) is 79.9 Å². The van der Waals surface area contributed by atoms with E-state index in [1.807, 2.05) is 6.07 Å². The third-order valence-electron chi connectivity index (χ3n) is 4.49. The summed E-state index contributed by atoms with van der Waals surface area (Å²) in [6, 6.07) is 16.8. The third-order valence-corrected chi connectivity index (χ3v) is 9.10. The van der Waals surface area contributed by atoms with E-state index in [0.717, 1.165) is 10.7 Å². The second-order valence-corrected chi connectivity index (χ2v) is 11.1. The number of benzene rings is 4. The molecule has 0 aliphatic carbocycles. The maximum absolute atomic E-state index is 13.1. The molecule has 0 unspecified atom stereocenters. The first kappa shape index (κ1) is 22.2. The lowest BCUT2D eigenvalue weighted by Crippen LogP contribution is -2.13. The molecule has 0 spiro atoms. The Morgan fingerprint density at radius 2 is 1.33 bits per heavy atom. The number of esters is 1. The molecule has 0 saturated heterocycles. The molecule has 0 N–H and O–H groups in total. The highest BCUT2D eigenvalue weighted by Gasteiger charge is 2.22. The van der Waals surface area contributed by atoms with Crippen LogP contribution >= 0.6 is 67.8 Å². The van der Waals surface area contributed by atoms with E-state index in [0.29, 0.717) is 16.3 Å². The molecule has 152 valence electrons. The maximum Gasteiger partial charge on any atom is 0.344 e. The Morgan fingerprint density at radius 1 is 0.833 bits per heavy atom. The SMILES string of the molecule is O=C(Oc1c2ccccc2c(S(=O)(=O)[O-])c2ccccc12)c1cc(I)cc(I)c1I. The zero-order valence-electron chi connectivity index (χ0n) is 14.9. The van der Waals surface area contributed by atoms with Gasteiger partial charge < -0.3 is 9.29 Å². The van der Waals surface area contributed by atoms with Crippen LogP contribution in [-0.4, -0.2) is 18.9 Å². The highest BCUT2D eigenvalue weighted by molar-refractivity contribution is 14.1. The lowest BCUT2D eigenvalue weighted by molar-refractivity contribution is 0.0738. The highest BCUT2D eigenvalue weighted by Crippen LogP contribution is 2.40. The van der Waals surface area contributed by atoms with Crippen LogP contribution in [0.5, 0.6) is 5.75 Å². The van der Waals surface area contributed by atoms with Crippen LogP contribution in [0, 0.1) is 10.7 Å². The van der Waals surface area contributed by atoms with Gasteiger partial charge in [-0.25, -0.2) is 13.2 Å². The summed E-state index contributed by atoms with van der Waals surface area (Å²) in [6.07, 6.45) is 0. The van der Waals surface area contributed by atoms with Gasteiger partial charge in [0.15, 0.2) is 0 Å². The van der Waals surface area contributed by atoms with Gasteiger partial charge in [0.1, 0.15) is 15.9 Å². The second-order valence-electron chi connectivity index (χ2n) is 6.34. The number of halogens is 3. The molecule has 0 aliphatic heterocycles. The average molecular weight is 755 g/mol. The summed E-state index contributed by atoms with van der Waals surface area (Å²) in [6.45, 7) is 0. The molecule has 9 heteroatoms. The summed E-state index contributed by atoms with van der Waals surface area (Å²) in [5, 5.41) is 1.21. The monoisotopic (exact) mass is 755 g/mol. The lowest BCUT2D eigenvalue weighted by atomic mass is 10.0. The standard InChI is InChI=1S/C21H11I3O5S/c22-11-9-16(18(24)17(23)10-11)21(25)29-19-12-5-1-3-7-14(12)20(30(26,27)28)15-8-4-2-6-13(15)19/h1-10H,(H,26,27,28)/p-1. The summed E-state index contributed by atoms with van der Waals surface area (Å²) in [5.41, 5.74) is 0.417. The van der Waals surface area contributed by atoms with Gasteiger partial charge in [0.25, 0.3) is 0 Å². The van der Waals surface area contributed by atoms with Gasteiger partial charge in [0.2, 0.25) is 0 Å². The van der Waals surface area contributed by atoms with Crippen LogP contribution in [0.2, 0.25) is 0 Å². The molecule has 0 atom stereocenters. The van der Waals surface area contributed by atoms with E-state index >= 15 is 0 Å². The van der Waals surface area contributed by atoms with Gasteiger partial charge >= 0.3 is 5.97 Å². The van der Waals surface area contributed by atoms with Gasteiger partial charge in [0, 0.05) is 32.3 Å². The van der Waals surface area contributed by atoms with Crippen LogP contribution in [0.4, 0.5) is 0 Å². The van der Waals surface area contributed by atoms with E-state index in [1.54, 1.807) is 54.6 Å². The number of rotatable bonds is 3. The minimum atomic E-state index is -4.77. The fourth-order valence-electron chi connectivity index (χ4n) is 3.28. The predicted molar refractivity (Wildman–Crippen MR) is 139 cm³/mol. The fraction of sp³-hybridized carbons (Fsp3) is 0. The molecule has 0 fully saturated rings. The van der Waals surface area contributed by atoms with Gasteiger partial charge in [-0.15, -0.1) is 0 Å². The number of carbonyl (C=O) groups excluding carboxylic acids is 1. The van der Waals surface area contributed by atoms with Crippen LogP contribution < -0.4 is 4.74 Å². The van der Waals surface area contributed by atoms with Crippen molar-refractivity contribution in [1.82, 2.24) is 0 Å². The summed E-state index contributed by atoms with van der Waals surface area (Å²) in [4.78, 5) is 12.8. The van der Waals surface area contributed by atoms with Gasteiger partial charge in [-0.1, -0.05) is 48.5 Å². The molecule has 4 aromatic carbocycles. The minimum Gasteiger partial charge on any atom is -0.744 e. The van der Waals surface area contributed by atoms with Crippen LogP contribution in [-0.2, 0) is 10.1 Å². The molecule has 5 nitrogen and oxygen atoms in total. The van der Waals surface area contributed by atoms with Crippen molar-refractivity contribution < 1.29 is 22.5 Å². The molecule has 0 saturated carbocycles. The first-order chi connectivity index (χ1) is 14.2.